The number of nitrogens with zero attached hydrogens (tertiary/aromatic N) is 3. The highest BCUT2D eigenvalue weighted by molar-refractivity contribution is 8.26. The number of nitriles is 1. The molecule has 1 saturated heterocycles. The summed E-state index contributed by atoms with van der Waals surface area (Å²) in [5, 5.41) is 22.5. The molecule has 0 spiro atoms. The summed E-state index contributed by atoms with van der Waals surface area (Å²) >= 11 is 7.89. The second-order valence-electron chi connectivity index (χ2n) is 8.07. The number of amides is 1. The number of Topliss-reactive ketones (excluding diaryl/α,β-unsaturated/α-hetero) is 1. The van der Waals surface area contributed by atoms with Crippen molar-refractivity contribution in [2.75, 3.05) is 13.7 Å². The van der Waals surface area contributed by atoms with E-state index < -0.39 is 29.7 Å². The van der Waals surface area contributed by atoms with E-state index in [4.69, 9.17) is 17.0 Å². The average molecular weight is 552 g/mol. The monoisotopic (exact) mass is 551 g/mol. The van der Waals surface area contributed by atoms with Crippen molar-refractivity contribution in [2.45, 2.75) is 19.9 Å². The predicted octanol–water partition coefficient (Wildman–Crippen LogP) is 4.13. The number of aromatic hydroxyl groups is 1. The van der Waals surface area contributed by atoms with Crippen molar-refractivity contribution < 1.29 is 19.4 Å². The Hall–Kier alpha value is -3.72. The van der Waals surface area contributed by atoms with E-state index >= 15 is 0 Å². The maximum atomic E-state index is 13.4. The van der Waals surface area contributed by atoms with Gasteiger partial charge in [0, 0.05) is 11.4 Å². The summed E-state index contributed by atoms with van der Waals surface area (Å²) in [6, 6.07) is 12.8. The van der Waals surface area contributed by atoms with Gasteiger partial charge in [-0.15, -0.1) is 11.3 Å². The first-order valence-electron chi connectivity index (χ1n) is 11.1. The smallest absolute Gasteiger partial charge is 0.271 e. The van der Waals surface area contributed by atoms with Gasteiger partial charge in [-0.2, -0.15) is 5.26 Å². The maximum absolute atomic E-state index is 13.4. The number of rotatable bonds is 8. The highest BCUT2D eigenvalue weighted by Crippen LogP contribution is 2.34. The summed E-state index contributed by atoms with van der Waals surface area (Å²) in [5.74, 6) is -0.903. The third-order valence-corrected chi connectivity index (χ3v) is 8.05. The molecule has 11 heteroatoms. The van der Waals surface area contributed by atoms with Gasteiger partial charge in [-0.25, -0.2) is 0 Å². The summed E-state index contributed by atoms with van der Waals surface area (Å²) in [6.07, 6.45) is 2.07. The number of pyridine rings is 1. The van der Waals surface area contributed by atoms with Crippen LogP contribution >= 0.6 is 35.3 Å². The zero-order valence-corrected chi connectivity index (χ0v) is 22.3. The summed E-state index contributed by atoms with van der Waals surface area (Å²) in [6.45, 7) is 1.04. The standard InChI is InChI=1S/C26H21N3O5S3/c1-15-19(13-27)23(31)28(10-9-16-5-7-17(34-2)8-6-16)25(33)22(15)20(30)14-29-24(32)21(37-26(29)35)12-18-4-3-11-36-18/h3-8,11-12,33H,9-10,14H2,1-2H3/b21-12-. The zero-order chi connectivity index (χ0) is 26.7. The van der Waals surface area contributed by atoms with Gasteiger partial charge in [0.1, 0.15) is 21.7 Å². The van der Waals surface area contributed by atoms with Crippen molar-refractivity contribution in [3.05, 3.63) is 84.2 Å². The molecule has 0 bridgehead atoms. The molecule has 0 radical (unpaired) electrons. The molecule has 1 N–H and O–H groups in total. The number of methoxy groups -OCH3 is 1. The molecule has 1 aliphatic rings. The highest BCUT2D eigenvalue weighted by Gasteiger charge is 2.35. The number of carbonyl (C=O) groups excluding carboxylic acids is 2. The molecule has 3 heterocycles. The second-order valence-corrected chi connectivity index (χ2v) is 10.7. The lowest BCUT2D eigenvalue weighted by Gasteiger charge is -2.18. The molecule has 0 atom stereocenters. The predicted molar refractivity (Wildman–Crippen MR) is 147 cm³/mol. The Morgan fingerprint density at radius 1 is 1.24 bits per heavy atom. The summed E-state index contributed by atoms with van der Waals surface area (Å²) < 4.78 is 6.38. The molecule has 37 heavy (non-hydrogen) atoms. The highest BCUT2D eigenvalue weighted by atomic mass is 32.2. The van der Waals surface area contributed by atoms with Crippen LogP contribution in [0.1, 0.15) is 31.9 Å². The number of thiophene rings is 1. The van der Waals surface area contributed by atoms with Gasteiger partial charge in [-0.05, 0) is 54.1 Å². The fourth-order valence-corrected chi connectivity index (χ4v) is 5.86. The second kappa shape index (κ2) is 11.1. The van der Waals surface area contributed by atoms with E-state index in [-0.39, 0.29) is 27.6 Å². The average Bonchev–Trinajstić information content (AvgIpc) is 3.48. The van der Waals surface area contributed by atoms with Gasteiger partial charge in [0.05, 0.1) is 24.1 Å². The molecule has 8 nitrogen and oxygen atoms in total. The van der Waals surface area contributed by atoms with Gasteiger partial charge >= 0.3 is 0 Å². The van der Waals surface area contributed by atoms with Crippen LogP contribution in [0, 0.1) is 18.3 Å². The number of ketones is 1. The van der Waals surface area contributed by atoms with E-state index in [1.807, 2.05) is 35.7 Å². The van der Waals surface area contributed by atoms with Crippen LogP contribution in [0.3, 0.4) is 0 Å². The Morgan fingerprint density at radius 2 is 1.97 bits per heavy atom. The first-order chi connectivity index (χ1) is 17.7. The van der Waals surface area contributed by atoms with Gasteiger partial charge in [0.25, 0.3) is 11.5 Å². The Bertz CT molecular complexity index is 1520. The van der Waals surface area contributed by atoms with Crippen molar-refractivity contribution in [3.63, 3.8) is 0 Å². The molecule has 1 aliphatic heterocycles. The molecular weight excluding hydrogens is 531 g/mol. The fraction of sp³-hybridized carbons (Fsp3) is 0.192. The van der Waals surface area contributed by atoms with Crippen LogP contribution in [0.25, 0.3) is 6.08 Å². The van der Waals surface area contributed by atoms with Crippen LogP contribution in [0.5, 0.6) is 11.6 Å². The number of aromatic nitrogens is 1. The van der Waals surface area contributed by atoms with Crippen molar-refractivity contribution in [2.24, 2.45) is 0 Å². The number of hydrogen-bond acceptors (Lipinski definition) is 9. The van der Waals surface area contributed by atoms with Gasteiger partial charge in [0.15, 0.2) is 5.78 Å². The molecule has 0 unspecified atom stereocenters. The molecule has 3 aromatic rings. The fourth-order valence-electron chi connectivity index (χ4n) is 3.89. The molecule has 0 aliphatic carbocycles. The van der Waals surface area contributed by atoms with Gasteiger partial charge < -0.3 is 9.84 Å². The minimum absolute atomic E-state index is 0.0385. The minimum atomic E-state index is -0.688. The number of carbonyl (C=O) groups is 2. The molecule has 188 valence electrons. The van der Waals surface area contributed by atoms with Gasteiger partial charge in [0.2, 0.25) is 5.88 Å². The largest absolute Gasteiger partial charge is 0.497 e. The first kappa shape index (κ1) is 26.3. The number of thioether (sulfide) groups is 1. The Kier molecular flexibility index (Phi) is 7.92. The van der Waals surface area contributed by atoms with E-state index in [2.05, 4.69) is 0 Å². The third kappa shape index (κ3) is 5.36. The SMILES string of the molecule is COc1ccc(CCn2c(O)c(C(=O)CN3C(=O)/C(=C/c4cccs4)SC3=S)c(C)c(C#N)c2=O)cc1. The number of aryl methyl sites for hydroxylation is 1. The van der Waals surface area contributed by atoms with Crippen LogP contribution < -0.4 is 10.3 Å². The van der Waals surface area contributed by atoms with Crippen LogP contribution in [-0.2, 0) is 17.8 Å². The van der Waals surface area contributed by atoms with E-state index in [0.29, 0.717) is 17.1 Å². The van der Waals surface area contributed by atoms with Crippen molar-refractivity contribution in [1.82, 2.24) is 9.47 Å². The number of benzene rings is 1. The van der Waals surface area contributed by atoms with Crippen LogP contribution in [0.4, 0.5) is 0 Å². The molecule has 1 aromatic carbocycles. The number of hydrogen-bond donors (Lipinski definition) is 1. The normalized spacial score (nSPS) is 14.3. The number of ether oxygens (including phenoxy) is 1. The first-order valence-corrected chi connectivity index (χ1v) is 13.2. The quantitative estimate of drug-likeness (QED) is 0.253. The van der Waals surface area contributed by atoms with Crippen molar-refractivity contribution in [3.8, 4) is 17.7 Å². The Balaban J connectivity index is 1.62. The lowest BCUT2D eigenvalue weighted by Crippen LogP contribution is -2.35. The summed E-state index contributed by atoms with van der Waals surface area (Å²) in [7, 11) is 1.56. The van der Waals surface area contributed by atoms with Crippen LogP contribution in [-0.4, -0.2) is 44.2 Å². The minimum Gasteiger partial charge on any atom is -0.497 e. The van der Waals surface area contributed by atoms with Gasteiger partial charge in [-0.1, -0.05) is 42.2 Å². The summed E-state index contributed by atoms with van der Waals surface area (Å²) in [4.78, 5) is 41.7. The topological polar surface area (TPSA) is 113 Å². The van der Waals surface area contributed by atoms with Crippen molar-refractivity contribution in [1.29, 1.82) is 5.26 Å². The van der Waals surface area contributed by atoms with E-state index in [1.54, 1.807) is 25.3 Å². The molecule has 2 aromatic heterocycles. The van der Waals surface area contributed by atoms with Crippen molar-refractivity contribution >= 4 is 57.4 Å². The molecular formula is C26H21N3O5S3. The third-order valence-electron chi connectivity index (χ3n) is 5.85. The number of thiocarbonyl (C=S) groups is 1. The van der Waals surface area contributed by atoms with E-state index in [9.17, 15) is 24.8 Å². The molecule has 1 fully saturated rings. The Labute approximate surface area is 226 Å². The Morgan fingerprint density at radius 3 is 2.59 bits per heavy atom. The summed E-state index contributed by atoms with van der Waals surface area (Å²) in [5.41, 5.74) is -0.169. The zero-order valence-electron chi connectivity index (χ0n) is 19.9. The van der Waals surface area contributed by atoms with Crippen LogP contribution in [0.15, 0.2) is 51.5 Å². The van der Waals surface area contributed by atoms with Gasteiger partial charge in [-0.3, -0.25) is 23.9 Å². The lowest BCUT2D eigenvalue weighted by atomic mass is 10.0. The molecule has 1 amide bonds. The maximum Gasteiger partial charge on any atom is 0.271 e. The van der Waals surface area contributed by atoms with Crippen LogP contribution in [0.2, 0.25) is 0 Å². The van der Waals surface area contributed by atoms with E-state index in [0.717, 1.165) is 26.8 Å². The van der Waals surface area contributed by atoms with E-state index in [1.165, 1.54) is 23.2 Å². The lowest BCUT2D eigenvalue weighted by molar-refractivity contribution is -0.121. The molecule has 4 rings (SSSR count). The molecule has 0 saturated carbocycles.